The lowest BCUT2D eigenvalue weighted by Crippen LogP contribution is -2.45. The smallest absolute Gasteiger partial charge is 0.243 e. The van der Waals surface area contributed by atoms with E-state index in [1.54, 1.807) is 23.1 Å². The Hall–Kier alpha value is -1.15. The number of halogens is 1. The largest absolute Gasteiger partial charge is 0.327 e. The van der Waals surface area contributed by atoms with Crippen LogP contribution in [0.2, 0.25) is 0 Å². The van der Waals surface area contributed by atoms with Crippen LogP contribution < -0.4 is 10.6 Å². The van der Waals surface area contributed by atoms with Gasteiger partial charge in [-0.25, -0.2) is 8.42 Å². The van der Waals surface area contributed by atoms with Gasteiger partial charge < -0.3 is 10.6 Å². The molecule has 2 N–H and O–H groups in total. The van der Waals surface area contributed by atoms with Crippen LogP contribution in [0.3, 0.4) is 0 Å². The summed E-state index contributed by atoms with van der Waals surface area (Å²) >= 11 is 0. The second-order valence-corrected chi connectivity index (χ2v) is 7.91. The summed E-state index contributed by atoms with van der Waals surface area (Å²) in [7, 11) is -3.50. The van der Waals surface area contributed by atoms with E-state index in [2.05, 4.69) is 0 Å². The number of rotatable bonds is 2. The first-order chi connectivity index (χ1) is 10.4. The summed E-state index contributed by atoms with van der Waals surface area (Å²) < 4.78 is 26.9. The SMILES string of the molecule is CC(=O)N1CCc2cc(S(=O)(=O)N3CCC[C@@H](N)C3)ccc21.Cl. The van der Waals surface area contributed by atoms with Crippen LogP contribution in [0.25, 0.3) is 0 Å². The number of anilines is 1. The lowest BCUT2D eigenvalue weighted by molar-refractivity contribution is -0.116. The van der Waals surface area contributed by atoms with Crippen LogP contribution in [0, 0.1) is 0 Å². The van der Waals surface area contributed by atoms with E-state index in [0.717, 1.165) is 24.1 Å². The molecule has 23 heavy (non-hydrogen) atoms. The predicted molar refractivity (Wildman–Crippen MR) is 91.4 cm³/mol. The van der Waals surface area contributed by atoms with E-state index in [9.17, 15) is 13.2 Å². The molecule has 0 bridgehead atoms. The summed E-state index contributed by atoms with van der Waals surface area (Å²) in [6.07, 6.45) is 2.35. The number of nitrogens with zero attached hydrogens (tertiary/aromatic N) is 2. The molecule has 0 radical (unpaired) electrons. The molecule has 1 amide bonds. The molecule has 3 rings (SSSR count). The van der Waals surface area contributed by atoms with Crippen LogP contribution in [0.15, 0.2) is 23.1 Å². The van der Waals surface area contributed by atoms with Crippen molar-refractivity contribution in [2.24, 2.45) is 5.73 Å². The van der Waals surface area contributed by atoms with Crippen molar-refractivity contribution < 1.29 is 13.2 Å². The van der Waals surface area contributed by atoms with Crippen molar-refractivity contribution in [3.8, 4) is 0 Å². The van der Waals surface area contributed by atoms with E-state index in [1.807, 2.05) is 0 Å². The summed E-state index contributed by atoms with van der Waals surface area (Å²) in [5.74, 6) is -0.0173. The molecule has 2 aliphatic rings. The summed E-state index contributed by atoms with van der Waals surface area (Å²) in [5, 5.41) is 0. The number of amides is 1. The molecule has 8 heteroatoms. The fourth-order valence-corrected chi connectivity index (χ4v) is 4.79. The van der Waals surface area contributed by atoms with Gasteiger partial charge in [0, 0.05) is 38.3 Å². The number of fused-ring (bicyclic) bond motifs is 1. The molecule has 128 valence electrons. The average molecular weight is 360 g/mol. The second kappa shape index (κ2) is 6.76. The number of nitrogens with two attached hydrogens (primary N) is 1. The Balaban J connectivity index is 0.00000192. The van der Waals surface area contributed by atoms with E-state index >= 15 is 0 Å². The average Bonchev–Trinajstić information content (AvgIpc) is 2.90. The van der Waals surface area contributed by atoms with Gasteiger partial charge in [0.15, 0.2) is 0 Å². The van der Waals surface area contributed by atoms with Gasteiger partial charge in [0.2, 0.25) is 15.9 Å². The van der Waals surface area contributed by atoms with Crippen LogP contribution in [0.5, 0.6) is 0 Å². The third-order valence-corrected chi connectivity index (χ3v) is 6.25. The fraction of sp³-hybridized carbons (Fsp3) is 0.533. The van der Waals surface area contributed by atoms with E-state index in [1.165, 1.54) is 11.2 Å². The van der Waals surface area contributed by atoms with Crippen LogP contribution in [-0.4, -0.2) is 44.3 Å². The highest BCUT2D eigenvalue weighted by molar-refractivity contribution is 7.89. The molecule has 0 spiro atoms. The van der Waals surface area contributed by atoms with E-state index in [4.69, 9.17) is 5.73 Å². The summed E-state index contributed by atoms with van der Waals surface area (Å²) in [6.45, 7) is 3.03. The molecule has 1 fully saturated rings. The quantitative estimate of drug-likeness (QED) is 0.857. The Labute approximate surface area is 143 Å². The van der Waals surface area contributed by atoms with Crippen molar-refractivity contribution in [1.29, 1.82) is 0 Å². The minimum absolute atomic E-state index is 0. The molecule has 1 saturated heterocycles. The molecule has 1 aromatic rings. The number of hydrogen-bond donors (Lipinski definition) is 1. The van der Waals surface area contributed by atoms with Gasteiger partial charge >= 0.3 is 0 Å². The molecule has 1 aromatic carbocycles. The first kappa shape index (κ1) is 18.2. The Kier molecular flexibility index (Phi) is 5.35. The Morgan fingerprint density at radius 3 is 2.70 bits per heavy atom. The summed E-state index contributed by atoms with van der Waals surface area (Å²) in [6, 6.07) is 4.94. The van der Waals surface area contributed by atoms with Crippen LogP contribution in [0.4, 0.5) is 5.69 Å². The van der Waals surface area contributed by atoms with Gasteiger partial charge in [0.1, 0.15) is 0 Å². The number of hydrogen-bond acceptors (Lipinski definition) is 4. The molecule has 0 saturated carbocycles. The first-order valence-electron chi connectivity index (χ1n) is 7.56. The summed E-state index contributed by atoms with van der Waals surface area (Å²) in [4.78, 5) is 13.5. The molecular formula is C15H22ClN3O3S. The van der Waals surface area contributed by atoms with Crippen LogP contribution >= 0.6 is 12.4 Å². The lowest BCUT2D eigenvalue weighted by atomic mass is 10.1. The maximum absolute atomic E-state index is 12.7. The predicted octanol–water partition coefficient (Wildman–Crippen LogP) is 1.13. The van der Waals surface area contributed by atoms with Gasteiger partial charge in [-0.1, -0.05) is 0 Å². The number of sulfonamides is 1. The highest BCUT2D eigenvalue weighted by atomic mass is 35.5. The molecule has 6 nitrogen and oxygen atoms in total. The summed E-state index contributed by atoms with van der Waals surface area (Å²) in [5.41, 5.74) is 7.63. The lowest BCUT2D eigenvalue weighted by Gasteiger charge is -2.30. The Bertz CT molecular complexity index is 708. The maximum Gasteiger partial charge on any atom is 0.243 e. The second-order valence-electron chi connectivity index (χ2n) is 5.98. The molecule has 1 atom stereocenters. The van der Waals surface area contributed by atoms with Crippen molar-refractivity contribution in [2.45, 2.75) is 37.1 Å². The van der Waals surface area contributed by atoms with E-state index < -0.39 is 10.0 Å². The molecule has 2 heterocycles. The Morgan fingerprint density at radius 1 is 1.30 bits per heavy atom. The van der Waals surface area contributed by atoms with Gasteiger partial charge in [-0.3, -0.25) is 4.79 Å². The molecule has 2 aliphatic heterocycles. The zero-order valence-electron chi connectivity index (χ0n) is 13.1. The fourth-order valence-electron chi connectivity index (χ4n) is 3.21. The molecule has 0 aromatic heterocycles. The standard InChI is InChI=1S/C15H21N3O3S.ClH/c1-11(19)18-8-6-12-9-14(4-5-15(12)18)22(20,21)17-7-2-3-13(16)10-17;/h4-5,9,13H,2-3,6-8,10,16H2,1H3;1H/t13-;/m1./s1. The number of carbonyl (C=O) groups is 1. The molecule has 0 aliphatic carbocycles. The van der Waals surface area contributed by atoms with Crippen molar-refractivity contribution in [3.63, 3.8) is 0 Å². The van der Waals surface area contributed by atoms with Crippen LogP contribution in [0.1, 0.15) is 25.3 Å². The monoisotopic (exact) mass is 359 g/mol. The highest BCUT2D eigenvalue weighted by Gasteiger charge is 2.30. The third kappa shape index (κ3) is 3.38. The first-order valence-corrected chi connectivity index (χ1v) is 9.00. The van der Waals surface area contributed by atoms with Gasteiger partial charge in [0.25, 0.3) is 0 Å². The maximum atomic E-state index is 12.7. The van der Waals surface area contributed by atoms with Gasteiger partial charge in [-0.2, -0.15) is 4.31 Å². The van der Waals surface area contributed by atoms with Gasteiger partial charge in [-0.05, 0) is 43.0 Å². The third-order valence-electron chi connectivity index (χ3n) is 4.38. The van der Waals surface area contributed by atoms with E-state index in [0.29, 0.717) is 31.0 Å². The van der Waals surface area contributed by atoms with Crippen LogP contribution in [-0.2, 0) is 21.2 Å². The van der Waals surface area contributed by atoms with E-state index in [-0.39, 0.29) is 24.4 Å². The Morgan fingerprint density at radius 2 is 2.04 bits per heavy atom. The number of benzene rings is 1. The molecular weight excluding hydrogens is 338 g/mol. The normalized spacial score (nSPS) is 21.7. The van der Waals surface area contributed by atoms with Crippen molar-refractivity contribution in [2.75, 3.05) is 24.5 Å². The van der Waals surface area contributed by atoms with Crippen molar-refractivity contribution in [1.82, 2.24) is 4.31 Å². The molecule has 0 unspecified atom stereocenters. The zero-order valence-corrected chi connectivity index (χ0v) is 14.7. The van der Waals surface area contributed by atoms with Crippen molar-refractivity contribution >= 4 is 34.0 Å². The minimum atomic E-state index is -3.50. The van der Waals surface area contributed by atoms with Crippen molar-refractivity contribution in [3.05, 3.63) is 23.8 Å². The zero-order chi connectivity index (χ0) is 15.9. The minimum Gasteiger partial charge on any atom is -0.327 e. The topological polar surface area (TPSA) is 83.7 Å². The number of piperidine rings is 1. The highest BCUT2D eigenvalue weighted by Crippen LogP contribution is 2.31. The van der Waals surface area contributed by atoms with Gasteiger partial charge in [-0.15, -0.1) is 12.4 Å². The van der Waals surface area contributed by atoms with Gasteiger partial charge in [0.05, 0.1) is 4.90 Å². The number of carbonyl (C=O) groups excluding carboxylic acids is 1.